The average molecular weight is 729 g/mol. The molecule has 0 aromatic rings. The molecule has 0 fully saturated rings. The lowest BCUT2D eigenvalue weighted by Gasteiger charge is -2.36. The smallest absolute Gasteiger partial charge is 0.177 e. The van der Waals surface area contributed by atoms with Crippen LogP contribution in [0.3, 0.4) is 0 Å². The molecule has 0 bridgehead atoms. The second-order valence-electron chi connectivity index (χ2n) is 17.6. The van der Waals surface area contributed by atoms with Gasteiger partial charge in [0.2, 0.25) is 0 Å². The van der Waals surface area contributed by atoms with Gasteiger partial charge in [-0.2, -0.15) is 0 Å². The molecule has 0 saturated heterocycles. The number of unbranched alkanes of at least 4 members (excludes halogenated alkanes) is 21. The van der Waals surface area contributed by atoms with E-state index >= 15 is 0 Å². The fraction of sp³-hybridized carbons (Fsp3) is 0.929. The Balaban J connectivity index is 0. The molecule has 0 aliphatic rings. The summed E-state index contributed by atoms with van der Waals surface area (Å²) in [4.78, 5) is 34.3. The molecule has 0 aliphatic carbocycles. The first-order chi connectivity index (χ1) is 23.8. The number of Topliss-reactive ketones (excluding diaryl/α,β-unsaturated/α-hetero) is 1. The van der Waals surface area contributed by atoms with Crippen molar-refractivity contribution in [3.05, 3.63) is 0 Å². The van der Waals surface area contributed by atoms with Gasteiger partial charge in [-0.3, -0.25) is 4.79 Å². The molecule has 9 nitrogen and oxygen atoms in total. The molecule has 51 heavy (non-hydrogen) atoms. The van der Waals surface area contributed by atoms with Gasteiger partial charge in [-0.25, -0.2) is 0 Å². The molecular formula is C42H84N2O7. The maximum Gasteiger partial charge on any atom is 0.177 e. The SMILES string of the molecule is CCCCCCCCCCCCCC(=O)C(O)(CC(=O)[O-])C[N+](C)(C)C.CCCCCCCCCCCCCCC(O)(CC(=O)[O-])C[N+](C)(C)C. The van der Waals surface area contributed by atoms with Gasteiger partial charge in [-0.15, -0.1) is 0 Å². The van der Waals surface area contributed by atoms with Gasteiger partial charge in [0.15, 0.2) is 11.4 Å². The second kappa shape index (κ2) is 29.9. The van der Waals surface area contributed by atoms with Crippen LogP contribution in [0.2, 0.25) is 0 Å². The van der Waals surface area contributed by atoms with Crippen LogP contribution in [-0.4, -0.2) is 103 Å². The highest BCUT2D eigenvalue weighted by Gasteiger charge is 2.40. The number of aliphatic hydroxyl groups is 2. The number of nitrogens with zero attached hydrogens (tertiary/aromatic N) is 2. The van der Waals surface area contributed by atoms with E-state index in [4.69, 9.17) is 0 Å². The number of quaternary nitrogens is 2. The molecule has 0 amide bonds. The van der Waals surface area contributed by atoms with Gasteiger partial charge < -0.3 is 39.0 Å². The third kappa shape index (κ3) is 35.3. The maximum atomic E-state index is 12.4. The number of carbonyl (C=O) groups excluding carboxylic acids is 3. The predicted octanol–water partition coefficient (Wildman–Crippen LogP) is 6.49. The lowest BCUT2D eigenvalue weighted by atomic mass is 9.89. The van der Waals surface area contributed by atoms with E-state index in [1.807, 2.05) is 42.3 Å². The Kier molecular flexibility index (Phi) is 30.2. The molecule has 0 heterocycles. The molecule has 0 spiro atoms. The molecule has 9 heteroatoms. The summed E-state index contributed by atoms with van der Waals surface area (Å²) in [5.41, 5.74) is -2.97. The maximum absolute atomic E-state index is 12.4. The molecule has 0 rings (SSSR count). The third-order valence-corrected chi connectivity index (χ3v) is 9.44. The number of carboxylic acids is 2. The molecule has 2 unspecified atom stereocenters. The molecule has 2 atom stereocenters. The summed E-state index contributed by atoms with van der Waals surface area (Å²) < 4.78 is 0.885. The second-order valence-corrected chi connectivity index (χ2v) is 17.6. The number of rotatable bonds is 34. The van der Waals surface area contributed by atoms with E-state index in [-0.39, 0.29) is 25.2 Å². The van der Waals surface area contributed by atoms with Crippen molar-refractivity contribution in [3.8, 4) is 0 Å². The minimum absolute atomic E-state index is 0.0812. The predicted molar refractivity (Wildman–Crippen MR) is 207 cm³/mol. The van der Waals surface area contributed by atoms with Crippen molar-refractivity contribution in [1.82, 2.24) is 0 Å². The quantitative estimate of drug-likeness (QED) is 0.0571. The monoisotopic (exact) mass is 729 g/mol. The number of ketones is 1. The van der Waals surface area contributed by atoms with Gasteiger partial charge in [0, 0.05) is 31.2 Å². The molecule has 2 N–H and O–H groups in total. The van der Waals surface area contributed by atoms with Crippen LogP contribution >= 0.6 is 0 Å². The molecule has 0 aromatic carbocycles. The number of likely N-dealkylation sites (N-methyl/N-ethyl adjacent to an activating group) is 2. The van der Waals surface area contributed by atoms with E-state index in [1.165, 1.54) is 116 Å². The molecule has 0 aromatic heterocycles. The van der Waals surface area contributed by atoms with E-state index in [0.29, 0.717) is 28.4 Å². The van der Waals surface area contributed by atoms with Gasteiger partial charge in [0.1, 0.15) is 18.7 Å². The first-order valence-electron chi connectivity index (χ1n) is 20.8. The largest absolute Gasteiger partial charge is 0.550 e. The standard InChI is InChI=1S/C21H41NO4.C21H43NO3/c1-5-6-7-8-9-10-11-12-13-14-15-16-19(23)21(26,17-20(24)25)18-22(2,3)4;1-5-6-7-8-9-10-11-12-13-14-15-16-17-21(25,18-20(23)24)19-22(2,3)4/h26H,5-18H2,1-4H3;25H,5-19H2,1-4H3. The summed E-state index contributed by atoms with van der Waals surface area (Å²) in [6, 6.07) is 0. The van der Waals surface area contributed by atoms with Crippen LogP contribution in [0.15, 0.2) is 0 Å². The van der Waals surface area contributed by atoms with Gasteiger partial charge >= 0.3 is 0 Å². The minimum atomic E-state index is -1.82. The highest BCUT2D eigenvalue weighted by Crippen LogP contribution is 2.23. The Morgan fingerprint density at radius 1 is 0.471 bits per heavy atom. The Bertz CT molecular complexity index is 883. The Morgan fingerprint density at radius 2 is 0.784 bits per heavy atom. The van der Waals surface area contributed by atoms with Gasteiger partial charge in [0.25, 0.3) is 0 Å². The van der Waals surface area contributed by atoms with Crippen molar-refractivity contribution in [1.29, 1.82) is 0 Å². The molecule has 0 radical (unpaired) electrons. The van der Waals surface area contributed by atoms with Crippen molar-refractivity contribution in [2.45, 2.75) is 198 Å². The average Bonchev–Trinajstić information content (AvgIpc) is 2.98. The number of hydrogen-bond acceptors (Lipinski definition) is 7. The van der Waals surface area contributed by atoms with Crippen molar-refractivity contribution < 1.29 is 43.8 Å². The van der Waals surface area contributed by atoms with Crippen LogP contribution in [0.25, 0.3) is 0 Å². The summed E-state index contributed by atoms with van der Waals surface area (Å²) in [6.07, 6.45) is 28.2. The summed E-state index contributed by atoms with van der Waals surface area (Å²) in [6.45, 7) is 5.00. The number of hydrogen-bond donors (Lipinski definition) is 2. The van der Waals surface area contributed by atoms with E-state index in [2.05, 4.69) is 13.8 Å². The zero-order valence-corrected chi connectivity index (χ0v) is 34.8. The van der Waals surface area contributed by atoms with Crippen LogP contribution in [0.4, 0.5) is 0 Å². The number of carboxylic acid groups (broad SMARTS) is 2. The number of aliphatic carboxylic acids is 2. The van der Waals surface area contributed by atoms with E-state index < -0.39 is 29.6 Å². The van der Waals surface area contributed by atoms with Crippen molar-refractivity contribution in [2.75, 3.05) is 55.4 Å². The van der Waals surface area contributed by atoms with Crippen LogP contribution in [0.1, 0.15) is 187 Å². The lowest BCUT2D eigenvalue weighted by Crippen LogP contribution is -2.56. The Morgan fingerprint density at radius 3 is 1.10 bits per heavy atom. The van der Waals surface area contributed by atoms with Crippen molar-refractivity contribution >= 4 is 17.7 Å². The third-order valence-electron chi connectivity index (χ3n) is 9.44. The zero-order valence-electron chi connectivity index (χ0n) is 34.8. The molecule has 0 saturated carbocycles. The summed E-state index contributed by atoms with van der Waals surface area (Å²) >= 11 is 0. The van der Waals surface area contributed by atoms with Crippen LogP contribution < -0.4 is 10.2 Å². The first-order valence-corrected chi connectivity index (χ1v) is 20.8. The van der Waals surface area contributed by atoms with E-state index in [1.54, 1.807) is 0 Å². The highest BCUT2D eigenvalue weighted by atomic mass is 16.4. The van der Waals surface area contributed by atoms with Crippen molar-refractivity contribution in [3.63, 3.8) is 0 Å². The van der Waals surface area contributed by atoms with Crippen molar-refractivity contribution in [2.24, 2.45) is 0 Å². The van der Waals surface area contributed by atoms with E-state index in [0.717, 1.165) is 25.7 Å². The van der Waals surface area contributed by atoms with Crippen LogP contribution in [-0.2, 0) is 14.4 Å². The van der Waals surface area contributed by atoms with Crippen LogP contribution in [0.5, 0.6) is 0 Å². The first kappa shape index (κ1) is 51.6. The lowest BCUT2D eigenvalue weighted by molar-refractivity contribution is -0.877. The highest BCUT2D eigenvalue weighted by molar-refractivity contribution is 5.90. The molecular weight excluding hydrogens is 644 g/mol. The fourth-order valence-corrected chi connectivity index (χ4v) is 7.12. The Hall–Kier alpha value is -1.55. The number of carbonyl (C=O) groups is 3. The normalized spacial score (nSPS) is 14.3. The Labute approximate surface area is 314 Å². The molecule has 304 valence electrons. The summed E-state index contributed by atoms with van der Waals surface area (Å²) in [5.74, 6) is -2.91. The molecule has 0 aliphatic heterocycles. The van der Waals surface area contributed by atoms with Gasteiger partial charge in [-0.1, -0.05) is 155 Å². The fourth-order valence-electron chi connectivity index (χ4n) is 7.12. The van der Waals surface area contributed by atoms with Gasteiger partial charge in [0.05, 0.1) is 42.3 Å². The summed E-state index contributed by atoms with van der Waals surface area (Å²) in [5, 5.41) is 43.1. The minimum Gasteiger partial charge on any atom is -0.550 e. The van der Waals surface area contributed by atoms with Crippen LogP contribution in [0, 0.1) is 0 Å². The van der Waals surface area contributed by atoms with Gasteiger partial charge in [-0.05, 0) is 12.8 Å². The topological polar surface area (TPSA) is 138 Å². The summed E-state index contributed by atoms with van der Waals surface area (Å²) in [7, 11) is 11.4. The zero-order chi connectivity index (χ0) is 39.2. The van der Waals surface area contributed by atoms with E-state index in [9.17, 15) is 34.8 Å².